The molecule has 1 saturated heterocycles. The number of nitrogens with one attached hydrogen (secondary N) is 3. The normalized spacial score (nSPS) is 19.7. The zero-order valence-corrected chi connectivity index (χ0v) is 15.4. The minimum atomic E-state index is -1.02. The summed E-state index contributed by atoms with van der Waals surface area (Å²) in [5.41, 5.74) is 1.94. The maximum Gasteiger partial charge on any atom is 0.322 e. The van der Waals surface area contributed by atoms with Crippen LogP contribution in [0.5, 0.6) is 0 Å². The average Bonchev–Trinajstić information content (AvgIpc) is 3.12. The Kier molecular flexibility index (Phi) is 5.08. The Morgan fingerprint density at radius 3 is 2.73 bits per heavy atom. The van der Waals surface area contributed by atoms with Gasteiger partial charge in [0.1, 0.15) is 5.54 Å². The molecule has 7 heteroatoms. The predicted octanol–water partition coefficient (Wildman–Crippen LogP) is 1.88. The van der Waals surface area contributed by atoms with Crippen LogP contribution in [0.2, 0.25) is 0 Å². The number of aromatic nitrogens is 2. The zero-order chi connectivity index (χ0) is 18.7. The van der Waals surface area contributed by atoms with Gasteiger partial charge in [0, 0.05) is 25.8 Å². The predicted molar refractivity (Wildman–Crippen MR) is 98.1 cm³/mol. The van der Waals surface area contributed by atoms with E-state index in [4.69, 9.17) is 0 Å². The van der Waals surface area contributed by atoms with Crippen molar-refractivity contribution in [1.29, 1.82) is 0 Å². The standard InChI is InChI=1S/C19H25N5O2/c1-13(2)12-24-16(7-8-21-24)11-20-10-14-5-4-6-15(9-14)19(3)17(25)22-18(26)23-19/h4-9,13,20H,10-12H2,1-3H3,(H2,22,23,25,26). The van der Waals surface area contributed by atoms with E-state index in [0.29, 0.717) is 19.0 Å². The van der Waals surface area contributed by atoms with Crippen molar-refractivity contribution in [3.63, 3.8) is 0 Å². The molecule has 0 radical (unpaired) electrons. The van der Waals surface area contributed by atoms with E-state index in [1.165, 1.54) is 0 Å². The van der Waals surface area contributed by atoms with Crippen LogP contribution in [0.25, 0.3) is 0 Å². The first kappa shape index (κ1) is 18.1. The van der Waals surface area contributed by atoms with Crippen LogP contribution in [-0.2, 0) is 30.0 Å². The molecule has 0 spiro atoms. The fraction of sp³-hybridized carbons (Fsp3) is 0.421. The van der Waals surface area contributed by atoms with Crippen LogP contribution in [-0.4, -0.2) is 21.7 Å². The summed E-state index contributed by atoms with van der Waals surface area (Å²) in [4.78, 5) is 23.6. The molecular formula is C19H25N5O2. The Morgan fingerprint density at radius 2 is 2.04 bits per heavy atom. The van der Waals surface area contributed by atoms with Crippen LogP contribution in [0.15, 0.2) is 36.5 Å². The highest BCUT2D eigenvalue weighted by molar-refractivity contribution is 6.07. The Balaban J connectivity index is 1.64. The Labute approximate surface area is 153 Å². The van der Waals surface area contributed by atoms with Gasteiger partial charge >= 0.3 is 6.03 Å². The molecule has 7 nitrogen and oxygen atoms in total. The molecule has 1 aromatic carbocycles. The number of amides is 3. The molecule has 1 unspecified atom stereocenters. The van der Waals surface area contributed by atoms with Crippen molar-refractivity contribution in [2.75, 3.05) is 0 Å². The summed E-state index contributed by atoms with van der Waals surface area (Å²) in [7, 11) is 0. The molecular weight excluding hydrogens is 330 g/mol. The van der Waals surface area contributed by atoms with Gasteiger partial charge in [0.05, 0.1) is 5.69 Å². The molecule has 2 aromatic rings. The van der Waals surface area contributed by atoms with E-state index in [9.17, 15) is 9.59 Å². The Morgan fingerprint density at radius 1 is 1.23 bits per heavy atom. The monoisotopic (exact) mass is 355 g/mol. The highest BCUT2D eigenvalue weighted by Crippen LogP contribution is 2.25. The molecule has 1 fully saturated rings. The number of carbonyl (C=O) groups is 2. The minimum Gasteiger partial charge on any atom is -0.320 e. The Hall–Kier alpha value is -2.67. The maximum atomic E-state index is 12.1. The first-order valence-corrected chi connectivity index (χ1v) is 8.83. The van der Waals surface area contributed by atoms with E-state index in [0.717, 1.165) is 23.4 Å². The molecule has 138 valence electrons. The van der Waals surface area contributed by atoms with Gasteiger partial charge in [-0.1, -0.05) is 38.1 Å². The fourth-order valence-corrected chi connectivity index (χ4v) is 3.09. The molecule has 26 heavy (non-hydrogen) atoms. The lowest BCUT2D eigenvalue weighted by Gasteiger charge is -2.21. The first-order valence-electron chi connectivity index (χ1n) is 8.83. The van der Waals surface area contributed by atoms with Gasteiger partial charge in [-0.25, -0.2) is 4.79 Å². The molecule has 3 amide bonds. The number of hydrogen-bond donors (Lipinski definition) is 3. The van der Waals surface area contributed by atoms with E-state index < -0.39 is 11.6 Å². The third kappa shape index (κ3) is 3.77. The minimum absolute atomic E-state index is 0.329. The number of benzene rings is 1. The lowest BCUT2D eigenvalue weighted by Crippen LogP contribution is -2.40. The second-order valence-corrected chi connectivity index (χ2v) is 7.24. The smallest absolute Gasteiger partial charge is 0.320 e. The molecule has 1 aliphatic heterocycles. The van der Waals surface area contributed by atoms with Gasteiger partial charge in [0.15, 0.2) is 0 Å². The third-order valence-electron chi connectivity index (χ3n) is 4.53. The summed E-state index contributed by atoms with van der Waals surface area (Å²) in [5.74, 6) is 0.212. The van der Waals surface area contributed by atoms with Gasteiger partial charge < -0.3 is 10.6 Å². The van der Waals surface area contributed by atoms with Crippen molar-refractivity contribution in [2.45, 2.75) is 45.9 Å². The second-order valence-electron chi connectivity index (χ2n) is 7.24. The molecule has 3 N–H and O–H groups in total. The van der Waals surface area contributed by atoms with Gasteiger partial charge in [0.25, 0.3) is 5.91 Å². The van der Waals surface area contributed by atoms with Crippen LogP contribution >= 0.6 is 0 Å². The van der Waals surface area contributed by atoms with Crippen molar-refractivity contribution in [1.82, 2.24) is 25.7 Å². The number of urea groups is 1. The van der Waals surface area contributed by atoms with Crippen molar-refractivity contribution >= 4 is 11.9 Å². The van der Waals surface area contributed by atoms with Gasteiger partial charge in [-0.2, -0.15) is 5.10 Å². The third-order valence-corrected chi connectivity index (χ3v) is 4.53. The van der Waals surface area contributed by atoms with Crippen molar-refractivity contribution in [3.8, 4) is 0 Å². The second kappa shape index (κ2) is 7.29. The largest absolute Gasteiger partial charge is 0.322 e. The van der Waals surface area contributed by atoms with Crippen molar-refractivity contribution in [3.05, 3.63) is 53.3 Å². The van der Waals surface area contributed by atoms with E-state index in [1.54, 1.807) is 6.92 Å². The van der Waals surface area contributed by atoms with Crippen LogP contribution in [0.1, 0.15) is 37.6 Å². The SMILES string of the molecule is CC(C)Cn1nccc1CNCc1cccc(C2(C)NC(=O)NC2=O)c1. The molecule has 0 aliphatic carbocycles. The van der Waals surface area contributed by atoms with Crippen molar-refractivity contribution in [2.24, 2.45) is 5.92 Å². The molecule has 1 atom stereocenters. The first-order chi connectivity index (χ1) is 12.4. The van der Waals surface area contributed by atoms with Crippen LogP contribution < -0.4 is 16.0 Å². The summed E-state index contributed by atoms with van der Waals surface area (Å²) in [6.07, 6.45) is 1.82. The summed E-state index contributed by atoms with van der Waals surface area (Å²) >= 11 is 0. The Bertz CT molecular complexity index is 814. The summed E-state index contributed by atoms with van der Waals surface area (Å²) in [6, 6.07) is 9.26. The maximum absolute atomic E-state index is 12.1. The average molecular weight is 355 g/mol. The van der Waals surface area contributed by atoms with Crippen LogP contribution in [0.4, 0.5) is 4.79 Å². The van der Waals surface area contributed by atoms with Crippen LogP contribution in [0.3, 0.4) is 0 Å². The molecule has 0 bridgehead atoms. The number of nitrogens with zero attached hydrogens (tertiary/aromatic N) is 2. The number of rotatable bonds is 7. The number of carbonyl (C=O) groups excluding carboxylic acids is 2. The van der Waals surface area contributed by atoms with E-state index in [1.807, 2.05) is 41.2 Å². The van der Waals surface area contributed by atoms with Gasteiger partial charge in [0.2, 0.25) is 0 Å². The topological polar surface area (TPSA) is 88.1 Å². The lowest BCUT2D eigenvalue weighted by molar-refractivity contribution is -0.123. The number of hydrogen-bond acceptors (Lipinski definition) is 4. The summed E-state index contributed by atoms with van der Waals surface area (Å²) in [5, 5.41) is 12.8. The molecule has 0 saturated carbocycles. The van der Waals surface area contributed by atoms with E-state index in [-0.39, 0.29) is 5.91 Å². The van der Waals surface area contributed by atoms with E-state index in [2.05, 4.69) is 34.9 Å². The highest BCUT2D eigenvalue weighted by Gasteiger charge is 2.43. The molecule has 1 aliphatic rings. The quantitative estimate of drug-likeness (QED) is 0.662. The number of imide groups is 1. The van der Waals surface area contributed by atoms with Gasteiger partial charge in [-0.15, -0.1) is 0 Å². The fourth-order valence-electron chi connectivity index (χ4n) is 3.09. The molecule has 2 heterocycles. The van der Waals surface area contributed by atoms with Gasteiger partial charge in [-0.05, 0) is 30.0 Å². The van der Waals surface area contributed by atoms with Crippen molar-refractivity contribution < 1.29 is 9.59 Å². The highest BCUT2D eigenvalue weighted by atomic mass is 16.2. The molecule has 1 aromatic heterocycles. The summed E-state index contributed by atoms with van der Waals surface area (Å²) < 4.78 is 2.02. The van der Waals surface area contributed by atoms with Crippen LogP contribution in [0, 0.1) is 5.92 Å². The lowest BCUT2D eigenvalue weighted by atomic mass is 9.91. The zero-order valence-electron chi connectivity index (χ0n) is 15.4. The van der Waals surface area contributed by atoms with Gasteiger partial charge in [-0.3, -0.25) is 14.8 Å². The summed E-state index contributed by atoms with van der Waals surface area (Å²) in [6.45, 7) is 8.32. The van der Waals surface area contributed by atoms with E-state index >= 15 is 0 Å². The molecule has 3 rings (SSSR count).